The molecule has 0 bridgehead atoms. The van der Waals surface area contributed by atoms with Crippen molar-refractivity contribution in [3.63, 3.8) is 0 Å². The standard InChI is InChI=1S/C23H29N5O4.HI/c1-24-23(28-11-9-27(10-12-28)22(30)20-8-4-14-32-20)25-16-17-5-2-6-18(15-17)26-21(29)19-7-3-13-31-19;/h2,4-6,8,14-15,19H,3,7,9-13,16H2,1H3,(H,24,25)(H,26,29);1H. The predicted octanol–water partition coefficient (Wildman–Crippen LogP) is 2.55. The number of hydrogen-bond donors (Lipinski definition) is 2. The van der Waals surface area contributed by atoms with Gasteiger partial charge in [0.2, 0.25) is 0 Å². The maximum Gasteiger partial charge on any atom is 0.289 e. The van der Waals surface area contributed by atoms with Gasteiger partial charge in [0, 0.05) is 52.1 Å². The van der Waals surface area contributed by atoms with E-state index < -0.39 is 0 Å². The maximum atomic E-state index is 12.4. The molecule has 2 N–H and O–H groups in total. The molecule has 10 heteroatoms. The molecule has 0 aliphatic carbocycles. The van der Waals surface area contributed by atoms with Gasteiger partial charge in [-0.05, 0) is 42.7 Å². The molecule has 33 heavy (non-hydrogen) atoms. The molecule has 2 fully saturated rings. The number of nitrogens with zero attached hydrogens (tertiary/aromatic N) is 3. The van der Waals surface area contributed by atoms with Crippen LogP contribution in [0, 0.1) is 0 Å². The second kappa shape index (κ2) is 12.0. The first-order valence-corrected chi connectivity index (χ1v) is 10.9. The monoisotopic (exact) mass is 567 g/mol. The van der Waals surface area contributed by atoms with Crippen molar-refractivity contribution in [2.24, 2.45) is 4.99 Å². The quantitative estimate of drug-likeness (QED) is 0.328. The zero-order valence-corrected chi connectivity index (χ0v) is 21.0. The first-order chi connectivity index (χ1) is 15.6. The van der Waals surface area contributed by atoms with Gasteiger partial charge in [0.1, 0.15) is 6.10 Å². The number of amides is 2. The average Bonchev–Trinajstić information content (AvgIpc) is 3.54. The van der Waals surface area contributed by atoms with E-state index in [-0.39, 0.29) is 41.9 Å². The highest BCUT2D eigenvalue weighted by molar-refractivity contribution is 14.0. The van der Waals surface area contributed by atoms with Crippen LogP contribution in [0.25, 0.3) is 0 Å². The van der Waals surface area contributed by atoms with Gasteiger partial charge in [-0.2, -0.15) is 0 Å². The van der Waals surface area contributed by atoms with Crippen molar-refractivity contribution in [1.29, 1.82) is 0 Å². The van der Waals surface area contributed by atoms with E-state index in [1.165, 1.54) is 6.26 Å². The molecule has 1 atom stereocenters. The van der Waals surface area contributed by atoms with Crippen molar-refractivity contribution >= 4 is 47.4 Å². The molecular weight excluding hydrogens is 537 g/mol. The van der Waals surface area contributed by atoms with Gasteiger partial charge in [-0.1, -0.05) is 12.1 Å². The Morgan fingerprint density at radius 2 is 1.91 bits per heavy atom. The number of piperazine rings is 1. The van der Waals surface area contributed by atoms with Crippen molar-refractivity contribution in [2.45, 2.75) is 25.5 Å². The summed E-state index contributed by atoms with van der Waals surface area (Å²) >= 11 is 0. The Hall–Kier alpha value is -2.60. The van der Waals surface area contributed by atoms with Crippen LogP contribution in [-0.4, -0.2) is 73.5 Å². The van der Waals surface area contributed by atoms with Crippen LogP contribution in [0.5, 0.6) is 0 Å². The molecule has 1 unspecified atom stereocenters. The number of rotatable bonds is 5. The third kappa shape index (κ3) is 6.47. The molecule has 1 aromatic heterocycles. The first-order valence-electron chi connectivity index (χ1n) is 10.9. The van der Waals surface area contributed by atoms with Crippen LogP contribution in [0.15, 0.2) is 52.1 Å². The summed E-state index contributed by atoms with van der Waals surface area (Å²) in [6.45, 7) is 3.79. The lowest BCUT2D eigenvalue weighted by molar-refractivity contribution is -0.124. The fourth-order valence-corrected chi connectivity index (χ4v) is 3.96. The third-order valence-corrected chi connectivity index (χ3v) is 5.68. The summed E-state index contributed by atoms with van der Waals surface area (Å²) < 4.78 is 10.7. The Kier molecular flexibility index (Phi) is 9.12. The second-order valence-corrected chi connectivity index (χ2v) is 7.85. The van der Waals surface area contributed by atoms with E-state index in [0.717, 1.165) is 30.1 Å². The number of carbonyl (C=O) groups excluding carboxylic acids is 2. The molecule has 0 spiro atoms. The van der Waals surface area contributed by atoms with E-state index in [0.29, 0.717) is 45.1 Å². The number of aliphatic imine (C=N–C) groups is 1. The number of carbonyl (C=O) groups is 2. The molecule has 4 rings (SSSR count). The normalized spacial score (nSPS) is 18.6. The summed E-state index contributed by atoms with van der Waals surface area (Å²) in [5.74, 6) is 0.973. The van der Waals surface area contributed by atoms with Gasteiger partial charge in [-0.15, -0.1) is 24.0 Å². The van der Waals surface area contributed by atoms with Gasteiger partial charge >= 0.3 is 0 Å². The van der Waals surface area contributed by atoms with Gasteiger partial charge < -0.3 is 29.6 Å². The molecule has 1 aromatic carbocycles. The molecule has 2 amide bonds. The highest BCUT2D eigenvalue weighted by Gasteiger charge is 2.25. The van der Waals surface area contributed by atoms with Crippen LogP contribution in [0.4, 0.5) is 5.69 Å². The lowest BCUT2D eigenvalue weighted by Crippen LogP contribution is -2.53. The lowest BCUT2D eigenvalue weighted by atomic mass is 10.2. The fourth-order valence-electron chi connectivity index (χ4n) is 3.96. The molecule has 9 nitrogen and oxygen atoms in total. The minimum absolute atomic E-state index is 0. The average molecular weight is 567 g/mol. The Labute approximate surface area is 210 Å². The van der Waals surface area contributed by atoms with Crippen LogP contribution < -0.4 is 10.6 Å². The van der Waals surface area contributed by atoms with Crippen LogP contribution >= 0.6 is 24.0 Å². The number of hydrogen-bond acceptors (Lipinski definition) is 5. The van der Waals surface area contributed by atoms with Gasteiger partial charge in [-0.25, -0.2) is 0 Å². The number of guanidine groups is 1. The number of furan rings is 1. The molecular formula is C23H30IN5O4. The highest BCUT2D eigenvalue weighted by atomic mass is 127. The van der Waals surface area contributed by atoms with Crippen LogP contribution in [-0.2, 0) is 16.1 Å². The Morgan fingerprint density at radius 1 is 1.12 bits per heavy atom. The Balaban J connectivity index is 0.00000306. The van der Waals surface area contributed by atoms with Crippen molar-refractivity contribution in [2.75, 3.05) is 45.2 Å². The molecule has 2 saturated heterocycles. The van der Waals surface area contributed by atoms with E-state index in [1.54, 1.807) is 24.1 Å². The SMILES string of the molecule is CN=C(NCc1cccc(NC(=O)C2CCCO2)c1)N1CCN(C(=O)c2ccco2)CC1.I. The van der Waals surface area contributed by atoms with E-state index in [9.17, 15) is 9.59 Å². The first kappa shape index (κ1) is 25.0. The fraction of sp³-hybridized carbons (Fsp3) is 0.435. The minimum atomic E-state index is -0.353. The summed E-state index contributed by atoms with van der Waals surface area (Å²) in [7, 11) is 1.75. The van der Waals surface area contributed by atoms with Crippen LogP contribution in [0.1, 0.15) is 29.0 Å². The van der Waals surface area contributed by atoms with Crippen molar-refractivity contribution < 1.29 is 18.7 Å². The van der Waals surface area contributed by atoms with Crippen LogP contribution in [0.2, 0.25) is 0 Å². The van der Waals surface area contributed by atoms with Gasteiger partial charge in [0.25, 0.3) is 11.8 Å². The predicted molar refractivity (Wildman–Crippen MR) is 136 cm³/mol. The van der Waals surface area contributed by atoms with E-state index >= 15 is 0 Å². The molecule has 2 aromatic rings. The molecule has 178 valence electrons. The zero-order valence-electron chi connectivity index (χ0n) is 18.7. The number of halogens is 1. The highest BCUT2D eigenvalue weighted by Crippen LogP contribution is 2.16. The Bertz CT molecular complexity index is 952. The number of benzene rings is 1. The molecule has 3 heterocycles. The van der Waals surface area contributed by atoms with E-state index in [4.69, 9.17) is 9.15 Å². The summed E-state index contributed by atoms with van der Waals surface area (Å²) in [6.07, 6.45) is 2.85. The molecule has 0 radical (unpaired) electrons. The van der Waals surface area contributed by atoms with E-state index in [1.807, 2.05) is 24.3 Å². The topological polar surface area (TPSA) is 99.4 Å². The van der Waals surface area contributed by atoms with Crippen molar-refractivity contribution in [1.82, 2.24) is 15.1 Å². The molecule has 0 saturated carbocycles. The second-order valence-electron chi connectivity index (χ2n) is 7.85. The molecule has 2 aliphatic heterocycles. The summed E-state index contributed by atoms with van der Waals surface area (Å²) in [4.78, 5) is 33.0. The number of ether oxygens (including phenoxy) is 1. The lowest BCUT2D eigenvalue weighted by Gasteiger charge is -2.36. The van der Waals surface area contributed by atoms with Gasteiger partial charge in [-0.3, -0.25) is 14.6 Å². The maximum absolute atomic E-state index is 12.4. The summed E-state index contributed by atoms with van der Waals surface area (Å²) in [5.41, 5.74) is 1.78. The van der Waals surface area contributed by atoms with Gasteiger partial charge in [0.05, 0.1) is 6.26 Å². The number of nitrogens with one attached hydrogen (secondary N) is 2. The Morgan fingerprint density at radius 3 is 2.58 bits per heavy atom. The largest absolute Gasteiger partial charge is 0.459 e. The van der Waals surface area contributed by atoms with E-state index in [2.05, 4.69) is 20.5 Å². The number of anilines is 1. The summed E-state index contributed by atoms with van der Waals surface area (Å²) in [5, 5.41) is 6.32. The third-order valence-electron chi connectivity index (χ3n) is 5.68. The van der Waals surface area contributed by atoms with Crippen molar-refractivity contribution in [3.8, 4) is 0 Å². The summed E-state index contributed by atoms with van der Waals surface area (Å²) in [6, 6.07) is 11.2. The van der Waals surface area contributed by atoms with Gasteiger partial charge in [0.15, 0.2) is 11.7 Å². The smallest absolute Gasteiger partial charge is 0.289 e. The minimum Gasteiger partial charge on any atom is -0.459 e. The molecule has 2 aliphatic rings. The zero-order chi connectivity index (χ0) is 22.3. The van der Waals surface area contributed by atoms with Crippen molar-refractivity contribution in [3.05, 3.63) is 54.0 Å². The van der Waals surface area contributed by atoms with Crippen LogP contribution in [0.3, 0.4) is 0 Å².